The summed E-state index contributed by atoms with van der Waals surface area (Å²) < 4.78 is 4.53. The number of aliphatic hydroxyl groups is 2. The molecule has 124 valence electrons. The zero-order valence-electron chi connectivity index (χ0n) is 12.2. The number of ether oxygens (including phenoxy) is 1. The van der Waals surface area contributed by atoms with E-state index in [1.807, 2.05) is 0 Å². The zero-order chi connectivity index (χ0) is 16.5. The molecule has 0 saturated carbocycles. The highest BCUT2D eigenvalue weighted by molar-refractivity contribution is 9.39. The quantitative estimate of drug-likeness (QED) is 0.156. The van der Waals surface area contributed by atoms with E-state index in [9.17, 15) is 15.0 Å². The van der Waals surface area contributed by atoms with Crippen LogP contribution in [0.1, 0.15) is 51.9 Å². The van der Waals surface area contributed by atoms with Crippen LogP contribution in [0.4, 0.5) is 0 Å². The van der Waals surface area contributed by atoms with Gasteiger partial charge >= 0.3 is 5.97 Å². The number of esters is 1. The number of carbonyl (C=O) groups excluding carboxylic acids is 1. The van der Waals surface area contributed by atoms with Gasteiger partial charge in [-0.2, -0.15) is 0 Å². The molecule has 0 bridgehead atoms. The molecule has 0 aliphatic rings. The number of carbonyl (C=O) groups is 1. The summed E-state index contributed by atoms with van der Waals surface area (Å²) in [6, 6.07) is 0. The van der Waals surface area contributed by atoms with Crippen LogP contribution in [0.5, 0.6) is 0 Å². The van der Waals surface area contributed by atoms with Gasteiger partial charge in [0.1, 0.15) is 2.14 Å². The van der Waals surface area contributed by atoms with Gasteiger partial charge in [-0.3, -0.25) is 0 Å². The van der Waals surface area contributed by atoms with E-state index in [0.717, 1.165) is 32.1 Å². The van der Waals surface area contributed by atoms with Gasteiger partial charge in [-0.05, 0) is 19.8 Å². The number of aliphatic hydroxyl groups excluding tert-OH is 2. The second kappa shape index (κ2) is 11.2. The average molecular weight is 495 g/mol. The maximum absolute atomic E-state index is 11.2. The third kappa shape index (κ3) is 13.9. The fourth-order valence-electron chi connectivity index (χ4n) is 1.68. The lowest BCUT2D eigenvalue weighted by Crippen LogP contribution is -2.23. The van der Waals surface area contributed by atoms with Gasteiger partial charge in [0.15, 0.2) is 0 Å². The maximum Gasteiger partial charge on any atom is 0.335 e. The van der Waals surface area contributed by atoms with Crippen molar-refractivity contribution in [3.05, 3.63) is 12.2 Å². The highest BCUT2D eigenvalue weighted by Gasteiger charge is 2.17. The molecule has 0 heterocycles. The fourth-order valence-corrected chi connectivity index (χ4v) is 2.52. The third-order valence-electron chi connectivity index (χ3n) is 2.81. The summed E-state index contributed by atoms with van der Waals surface area (Å²) in [6.07, 6.45) is 3.67. The first kappa shape index (κ1) is 21.6. The Bertz CT molecular complexity index is 329. The van der Waals surface area contributed by atoms with Gasteiger partial charge in [0.25, 0.3) is 0 Å². The Morgan fingerprint density at radius 2 is 1.76 bits per heavy atom. The van der Waals surface area contributed by atoms with Crippen LogP contribution in [0, 0.1) is 0 Å². The van der Waals surface area contributed by atoms with Crippen molar-refractivity contribution >= 4 is 53.8 Å². The second-order valence-corrected chi connectivity index (χ2v) is 12.4. The Balaban J connectivity index is 3.64. The standard InChI is InChI=1S/C14H23Br3O4/c1-10(2)13(20)21-12(19)9-11(18)7-5-3-4-6-8-14(15,16)17/h11-12,18-19H,1,3-9H2,2H3. The molecule has 0 amide bonds. The van der Waals surface area contributed by atoms with Crippen LogP contribution in [-0.4, -0.2) is 30.7 Å². The van der Waals surface area contributed by atoms with E-state index in [2.05, 4.69) is 54.4 Å². The van der Waals surface area contributed by atoms with Crippen molar-refractivity contribution in [1.29, 1.82) is 0 Å². The van der Waals surface area contributed by atoms with Crippen molar-refractivity contribution in [2.24, 2.45) is 0 Å². The summed E-state index contributed by atoms with van der Waals surface area (Å²) in [7, 11) is 0. The van der Waals surface area contributed by atoms with Gasteiger partial charge in [-0.1, -0.05) is 80.1 Å². The minimum Gasteiger partial charge on any atom is -0.433 e. The Hall–Kier alpha value is 0.570. The van der Waals surface area contributed by atoms with Gasteiger partial charge in [0, 0.05) is 12.0 Å². The molecular weight excluding hydrogens is 472 g/mol. The van der Waals surface area contributed by atoms with Crippen LogP contribution in [0.2, 0.25) is 0 Å². The number of halogens is 3. The molecule has 0 aromatic heterocycles. The average Bonchev–Trinajstić information content (AvgIpc) is 2.31. The Kier molecular flexibility index (Phi) is 11.5. The molecule has 0 aliphatic heterocycles. The van der Waals surface area contributed by atoms with E-state index in [1.165, 1.54) is 6.92 Å². The second-order valence-electron chi connectivity index (χ2n) is 5.10. The molecule has 0 saturated heterocycles. The van der Waals surface area contributed by atoms with Crippen LogP contribution in [0.25, 0.3) is 0 Å². The lowest BCUT2D eigenvalue weighted by atomic mass is 10.1. The number of hydrogen-bond donors (Lipinski definition) is 2. The van der Waals surface area contributed by atoms with Crippen molar-refractivity contribution in [2.75, 3.05) is 0 Å². The summed E-state index contributed by atoms with van der Waals surface area (Å²) in [5, 5.41) is 19.3. The minimum atomic E-state index is -1.28. The van der Waals surface area contributed by atoms with E-state index in [1.54, 1.807) is 0 Å². The normalized spacial score (nSPS) is 14.6. The minimum absolute atomic E-state index is 0.0341. The molecule has 21 heavy (non-hydrogen) atoms. The van der Waals surface area contributed by atoms with Crippen LogP contribution >= 0.6 is 47.8 Å². The predicted octanol–water partition coefficient (Wildman–Crippen LogP) is 4.35. The molecule has 0 aliphatic carbocycles. The SMILES string of the molecule is C=C(C)C(=O)OC(O)CC(O)CCCCCCC(Br)(Br)Br. The monoisotopic (exact) mass is 492 g/mol. The molecule has 0 spiro atoms. The first-order valence-corrected chi connectivity index (χ1v) is 9.29. The lowest BCUT2D eigenvalue weighted by molar-refractivity contribution is -0.167. The van der Waals surface area contributed by atoms with Crippen LogP contribution in [-0.2, 0) is 9.53 Å². The molecular formula is C14H23Br3O4. The number of rotatable bonds is 10. The molecule has 4 nitrogen and oxygen atoms in total. The predicted molar refractivity (Wildman–Crippen MR) is 94.8 cm³/mol. The van der Waals surface area contributed by atoms with E-state index in [-0.39, 0.29) is 14.1 Å². The summed E-state index contributed by atoms with van der Waals surface area (Å²) in [4.78, 5) is 11.2. The van der Waals surface area contributed by atoms with Crippen LogP contribution in [0.3, 0.4) is 0 Å². The Labute approximate surface area is 151 Å². The van der Waals surface area contributed by atoms with Crippen molar-refractivity contribution in [2.45, 2.75) is 66.4 Å². The Morgan fingerprint density at radius 3 is 2.29 bits per heavy atom. The van der Waals surface area contributed by atoms with Gasteiger partial charge in [-0.15, -0.1) is 0 Å². The van der Waals surface area contributed by atoms with E-state index >= 15 is 0 Å². The number of unbranched alkanes of at least 4 members (excludes halogenated alkanes) is 3. The first-order chi connectivity index (χ1) is 9.61. The Morgan fingerprint density at radius 1 is 1.19 bits per heavy atom. The molecule has 2 N–H and O–H groups in total. The molecule has 0 fully saturated rings. The van der Waals surface area contributed by atoms with Gasteiger partial charge < -0.3 is 14.9 Å². The fraction of sp³-hybridized carbons (Fsp3) is 0.786. The van der Waals surface area contributed by atoms with E-state index in [4.69, 9.17) is 4.74 Å². The van der Waals surface area contributed by atoms with Gasteiger partial charge in [0.05, 0.1) is 6.10 Å². The molecule has 2 unspecified atom stereocenters. The van der Waals surface area contributed by atoms with Gasteiger partial charge in [-0.25, -0.2) is 4.79 Å². The summed E-state index contributed by atoms with van der Waals surface area (Å²) >= 11 is 10.3. The maximum atomic E-state index is 11.2. The van der Waals surface area contributed by atoms with Crippen molar-refractivity contribution in [3.8, 4) is 0 Å². The molecule has 0 aromatic carbocycles. The van der Waals surface area contributed by atoms with Gasteiger partial charge in [0.2, 0.25) is 6.29 Å². The smallest absolute Gasteiger partial charge is 0.335 e. The summed E-state index contributed by atoms with van der Waals surface area (Å²) in [5.74, 6) is -0.641. The number of hydrogen-bond acceptors (Lipinski definition) is 4. The van der Waals surface area contributed by atoms with E-state index in [0.29, 0.717) is 6.42 Å². The summed E-state index contributed by atoms with van der Waals surface area (Å²) in [6.45, 7) is 4.93. The number of alkyl halides is 3. The molecule has 2 atom stereocenters. The largest absolute Gasteiger partial charge is 0.433 e. The molecule has 0 radical (unpaired) electrons. The molecule has 0 rings (SSSR count). The third-order valence-corrected chi connectivity index (χ3v) is 4.00. The van der Waals surface area contributed by atoms with Crippen molar-refractivity contribution in [3.63, 3.8) is 0 Å². The van der Waals surface area contributed by atoms with Crippen LogP contribution in [0.15, 0.2) is 12.2 Å². The highest BCUT2D eigenvalue weighted by Crippen LogP contribution is 2.38. The lowest BCUT2D eigenvalue weighted by Gasteiger charge is -2.16. The molecule has 7 heteroatoms. The molecule has 0 aromatic rings. The van der Waals surface area contributed by atoms with Crippen molar-refractivity contribution < 1.29 is 19.7 Å². The highest BCUT2D eigenvalue weighted by atomic mass is 80.0. The first-order valence-electron chi connectivity index (χ1n) is 6.91. The van der Waals surface area contributed by atoms with E-state index < -0.39 is 18.4 Å². The zero-order valence-corrected chi connectivity index (χ0v) is 16.9. The topological polar surface area (TPSA) is 66.8 Å². The summed E-state index contributed by atoms with van der Waals surface area (Å²) in [5.41, 5.74) is 0.227. The van der Waals surface area contributed by atoms with Crippen molar-refractivity contribution in [1.82, 2.24) is 0 Å². The van der Waals surface area contributed by atoms with Crippen LogP contribution < -0.4 is 0 Å².